The van der Waals surface area contributed by atoms with Crippen molar-refractivity contribution in [1.29, 1.82) is 0 Å². The quantitative estimate of drug-likeness (QED) is 0.813. The number of aromatic hydroxyl groups is 1. The highest BCUT2D eigenvalue weighted by Crippen LogP contribution is 2.18. The molecule has 92 valence electrons. The maximum Gasteiger partial charge on any atom is 0.328 e. The molecule has 5 heteroatoms. The second-order valence-electron chi connectivity index (χ2n) is 4.05. The Kier molecular flexibility index (Phi) is 4.52. The summed E-state index contributed by atoms with van der Waals surface area (Å²) in [5.74, 6) is -1.05. The normalized spacial score (nSPS) is 13.2. The van der Waals surface area contributed by atoms with Crippen LogP contribution in [0.5, 0.6) is 5.75 Å². The Morgan fingerprint density at radius 1 is 1.41 bits per heavy atom. The van der Waals surface area contributed by atoms with E-state index in [4.69, 9.17) is 16.7 Å². The molecule has 1 aromatic carbocycles. The molecule has 0 spiro atoms. The van der Waals surface area contributed by atoms with E-state index in [-0.39, 0.29) is 11.7 Å². The molecule has 1 atom stereocenters. The van der Waals surface area contributed by atoms with Gasteiger partial charge in [0.05, 0.1) is 0 Å². The molecule has 0 aromatic heterocycles. The van der Waals surface area contributed by atoms with Gasteiger partial charge in [0.2, 0.25) is 0 Å². The van der Waals surface area contributed by atoms with Gasteiger partial charge in [-0.3, -0.25) is 4.99 Å². The van der Waals surface area contributed by atoms with E-state index in [1.807, 2.05) is 0 Å². The summed E-state index contributed by atoms with van der Waals surface area (Å²) in [7, 11) is 0. The molecule has 1 unspecified atom stereocenters. The zero-order valence-electron chi connectivity index (χ0n) is 9.59. The number of hydrogen-bond donors (Lipinski definition) is 2. The number of hydrogen-bond acceptors (Lipinski definition) is 3. The zero-order valence-corrected chi connectivity index (χ0v) is 10.3. The number of halogens is 1. The van der Waals surface area contributed by atoms with Crippen molar-refractivity contribution in [3.05, 3.63) is 28.8 Å². The van der Waals surface area contributed by atoms with Crippen LogP contribution in [0.2, 0.25) is 5.02 Å². The lowest BCUT2D eigenvalue weighted by atomic mass is 10.1. The van der Waals surface area contributed by atoms with E-state index >= 15 is 0 Å². The molecule has 1 rings (SSSR count). The van der Waals surface area contributed by atoms with Crippen molar-refractivity contribution in [2.75, 3.05) is 0 Å². The maximum atomic E-state index is 10.9. The number of carboxylic acids is 1. The first kappa shape index (κ1) is 13.5. The molecule has 0 aliphatic carbocycles. The summed E-state index contributed by atoms with van der Waals surface area (Å²) in [5, 5.41) is 18.6. The first-order valence-corrected chi connectivity index (χ1v) is 5.53. The monoisotopic (exact) mass is 255 g/mol. The summed E-state index contributed by atoms with van der Waals surface area (Å²) < 4.78 is 0. The lowest BCUT2D eigenvalue weighted by Gasteiger charge is -2.10. The van der Waals surface area contributed by atoms with Gasteiger partial charge in [0.1, 0.15) is 11.8 Å². The molecule has 0 amide bonds. The Hall–Kier alpha value is -1.55. The van der Waals surface area contributed by atoms with Crippen LogP contribution in [0.1, 0.15) is 19.4 Å². The van der Waals surface area contributed by atoms with Crippen LogP contribution in [0.4, 0.5) is 0 Å². The minimum Gasteiger partial charge on any atom is -0.508 e. The smallest absolute Gasteiger partial charge is 0.328 e. The zero-order chi connectivity index (χ0) is 13.0. The van der Waals surface area contributed by atoms with Crippen LogP contribution >= 0.6 is 11.6 Å². The van der Waals surface area contributed by atoms with Gasteiger partial charge in [-0.1, -0.05) is 25.4 Å². The summed E-state index contributed by atoms with van der Waals surface area (Å²) in [6.45, 7) is 3.57. The van der Waals surface area contributed by atoms with E-state index in [2.05, 4.69) is 4.99 Å². The third-order valence-electron chi connectivity index (χ3n) is 2.17. The van der Waals surface area contributed by atoms with Gasteiger partial charge < -0.3 is 10.2 Å². The molecule has 0 fully saturated rings. The van der Waals surface area contributed by atoms with Crippen LogP contribution < -0.4 is 0 Å². The second-order valence-corrected chi connectivity index (χ2v) is 4.48. The minimum absolute atomic E-state index is 0.0235. The summed E-state index contributed by atoms with van der Waals surface area (Å²) in [6, 6.07) is 3.67. The largest absolute Gasteiger partial charge is 0.508 e. The van der Waals surface area contributed by atoms with Gasteiger partial charge in [-0.2, -0.15) is 0 Å². The van der Waals surface area contributed by atoms with Crippen LogP contribution in [-0.2, 0) is 4.79 Å². The van der Waals surface area contributed by atoms with Gasteiger partial charge >= 0.3 is 5.97 Å². The van der Waals surface area contributed by atoms with Crippen molar-refractivity contribution in [1.82, 2.24) is 0 Å². The van der Waals surface area contributed by atoms with Crippen molar-refractivity contribution in [2.24, 2.45) is 10.9 Å². The Morgan fingerprint density at radius 3 is 2.53 bits per heavy atom. The first-order valence-electron chi connectivity index (χ1n) is 5.15. The van der Waals surface area contributed by atoms with Gasteiger partial charge in [0.25, 0.3) is 0 Å². The highest BCUT2D eigenvalue weighted by Gasteiger charge is 2.19. The fourth-order valence-electron chi connectivity index (χ4n) is 1.36. The average Bonchev–Trinajstić information content (AvgIpc) is 2.14. The number of phenolic OH excluding ortho intramolecular Hbond substituents is 1. The molecular formula is C12H14ClNO3. The molecule has 2 N–H and O–H groups in total. The summed E-state index contributed by atoms with van der Waals surface area (Å²) in [4.78, 5) is 14.9. The Labute approximate surface area is 105 Å². The fourth-order valence-corrected chi connectivity index (χ4v) is 1.60. The molecule has 0 aliphatic rings. The topological polar surface area (TPSA) is 69.9 Å². The SMILES string of the molecule is CC(C)C(N=Cc1cc(O)cc(Cl)c1)C(=O)O. The number of carbonyl (C=O) groups is 1. The number of benzene rings is 1. The number of carboxylic acid groups (broad SMARTS) is 1. The second kappa shape index (κ2) is 5.68. The molecule has 1 aromatic rings. The third kappa shape index (κ3) is 4.07. The number of aliphatic carboxylic acids is 1. The van der Waals surface area contributed by atoms with Gasteiger partial charge in [-0.25, -0.2) is 4.79 Å². The molecule has 4 nitrogen and oxygen atoms in total. The predicted octanol–water partition coefficient (Wildman–Crippen LogP) is 2.57. The number of aliphatic imine (C=N–C) groups is 1. The van der Waals surface area contributed by atoms with E-state index in [1.54, 1.807) is 19.9 Å². The summed E-state index contributed by atoms with van der Waals surface area (Å²) >= 11 is 5.75. The van der Waals surface area contributed by atoms with Crippen LogP contribution in [0.15, 0.2) is 23.2 Å². The third-order valence-corrected chi connectivity index (χ3v) is 2.39. The lowest BCUT2D eigenvalue weighted by molar-refractivity contribution is -0.139. The van der Waals surface area contributed by atoms with E-state index in [0.29, 0.717) is 10.6 Å². The molecule has 0 bridgehead atoms. The highest BCUT2D eigenvalue weighted by molar-refractivity contribution is 6.31. The first-order chi connectivity index (χ1) is 7.90. The van der Waals surface area contributed by atoms with Crippen molar-refractivity contribution in [3.63, 3.8) is 0 Å². The number of phenols is 1. The standard InChI is InChI=1S/C12H14ClNO3/c1-7(2)11(12(16)17)14-6-8-3-9(13)5-10(15)4-8/h3-7,11,15H,1-2H3,(H,16,17). The minimum atomic E-state index is -0.970. The highest BCUT2D eigenvalue weighted by atomic mass is 35.5. The van der Waals surface area contributed by atoms with Crippen LogP contribution in [0, 0.1) is 5.92 Å². The van der Waals surface area contributed by atoms with Crippen LogP contribution in [0.3, 0.4) is 0 Å². The molecule has 0 aliphatic heterocycles. The molecule has 0 saturated carbocycles. The molecule has 17 heavy (non-hydrogen) atoms. The summed E-state index contributed by atoms with van der Waals surface area (Å²) in [5.41, 5.74) is 0.571. The van der Waals surface area contributed by atoms with E-state index in [0.717, 1.165) is 0 Å². The molecule has 0 saturated heterocycles. The van der Waals surface area contributed by atoms with Crippen molar-refractivity contribution in [2.45, 2.75) is 19.9 Å². The lowest BCUT2D eigenvalue weighted by Crippen LogP contribution is -2.24. The number of nitrogens with zero attached hydrogens (tertiary/aromatic N) is 1. The van der Waals surface area contributed by atoms with E-state index < -0.39 is 12.0 Å². The fraction of sp³-hybridized carbons (Fsp3) is 0.333. The van der Waals surface area contributed by atoms with Crippen LogP contribution in [-0.4, -0.2) is 28.4 Å². The van der Waals surface area contributed by atoms with Crippen molar-refractivity contribution >= 4 is 23.8 Å². The van der Waals surface area contributed by atoms with Gasteiger partial charge in [-0.05, 0) is 29.7 Å². The van der Waals surface area contributed by atoms with Gasteiger partial charge in [0.15, 0.2) is 0 Å². The number of rotatable bonds is 4. The summed E-state index contributed by atoms with van der Waals surface area (Å²) in [6.07, 6.45) is 1.41. The maximum absolute atomic E-state index is 10.9. The molecular weight excluding hydrogens is 242 g/mol. The predicted molar refractivity (Wildman–Crippen MR) is 67.0 cm³/mol. The van der Waals surface area contributed by atoms with Gasteiger partial charge in [0, 0.05) is 11.2 Å². The van der Waals surface area contributed by atoms with Gasteiger partial charge in [-0.15, -0.1) is 0 Å². The van der Waals surface area contributed by atoms with Crippen molar-refractivity contribution in [3.8, 4) is 5.75 Å². The van der Waals surface area contributed by atoms with E-state index in [9.17, 15) is 9.90 Å². The van der Waals surface area contributed by atoms with Crippen molar-refractivity contribution < 1.29 is 15.0 Å². The average molecular weight is 256 g/mol. The molecule has 0 radical (unpaired) electrons. The van der Waals surface area contributed by atoms with Crippen LogP contribution in [0.25, 0.3) is 0 Å². The Bertz CT molecular complexity index is 423. The Morgan fingerprint density at radius 2 is 2.06 bits per heavy atom. The molecule has 0 heterocycles. The Balaban J connectivity index is 2.92. The van der Waals surface area contributed by atoms with E-state index in [1.165, 1.54) is 18.3 Å².